The molecule has 0 bridgehead atoms. The largest absolute Gasteiger partial charge is 0.314 e. The predicted molar refractivity (Wildman–Crippen MR) is 87.2 cm³/mol. The third-order valence-electron chi connectivity index (χ3n) is 5.12. The average molecular weight is 281 g/mol. The fourth-order valence-electron chi connectivity index (χ4n) is 3.98. The Bertz CT molecular complexity index is 249. The van der Waals surface area contributed by atoms with Gasteiger partial charge in [0, 0.05) is 12.1 Å². The van der Waals surface area contributed by atoms with Gasteiger partial charge in [0.15, 0.2) is 0 Å². The Morgan fingerprint density at radius 3 is 2.55 bits per heavy atom. The number of unbranched alkanes of at least 4 members (excludes halogenated alkanes) is 1. The molecule has 2 aliphatic rings. The zero-order valence-electron chi connectivity index (χ0n) is 13.7. The predicted octanol–water partition coefficient (Wildman–Crippen LogP) is 2.62. The lowest BCUT2D eigenvalue weighted by Gasteiger charge is -2.40. The maximum Gasteiger partial charge on any atom is 0.0110 e. The van der Waals surface area contributed by atoms with Crippen molar-refractivity contribution in [3.63, 3.8) is 0 Å². The monoisotopic (exact) mass is 281 g/mol. The Kier molecular flexibility index (Phi) is 7.32. The third-order valence-corrected chi connectivity index (χ3v) is 5.12. The highest BCUT2D eigenvalue weighted by Gasteiger charge is 2.31. The van der Waals surface area contributed by atoms with Crippen molar-refractivity contribution < 1.29 is 0 Å². The summed E-state index contributed by atoms with van der Waals surface area (Å²) in [6, 6.07) is 1.57. The minimum absolute atomic E-state index is 0.777. The van der Waals surface area contributed by atoms with Crippen LogP contribution in [0.25, 0.3) is 0 Å². The van der Waals surface area contributed by atoms with Gasteiger partial charge < -0.3 is 15.5 Å². The number of piperidine rings is 1. The van der Waals surface area contributed by atoms with Crippen LogP contribution in [-0.2, 0) is 0 Å². The van der Waals surface area contributed by atoms with Crippen LogP contribution >= 0.6 is 0 Å². The highest BCUT2D eigenvalue weighted by molar-refractivity contribution is 4.90. The second-order valence-corrected chi connectivity index (χ2v) is 7.08. The number of rotatable bonds is 7. The summed E-state index contributed by atoms with van der Waals surface area (Å²) in [5, 5.41) is 7.67. The van der Waals surface area contributed by atoms with Crippen molar-refractivity contribution in [2.45, 2.75) is 69.9 Å². The molecule has 1 heterocycles. The summed E-state index contributed by atoms with van der Waals surface area (Å²) in [5.41, 5.74) is 0. The van der Waals surface area contributed by atoms with E-state index in [0.717, 1.165) is 18.0 Å². The van der Waals surface area contributed by atoms with Crippen LogP contribution < -0.4 is 10.6 Å². The van der Waals surface area contributed by atoms with E-state index in [9.17, 15) is 0 Å². The molecule has 0 aromatic carbocycles. The highest BCUT2D eigenvalue weighted by atomic mass is 15.0. The summed E-state index contributed by atoms with van der Waals surface area (Å²) in [5.74, 6) is 0.887. The smallest absolute Gasteiger partial charge is 0.0110 e. The van der Waals surface area contributed by atoms with E-state index >= 15 is 0 Å². The molecule has 118 valence electrons. The SMILES string of the molecule is CN(C)CCCCNC1CCCCC1C1CCCCN1. The first kappa shape index (κ1) is 16.3. The van der Waals surface area contributed by atoms with Crippen LogP contribution in [0.1, 0.15) is 57.8 Å². The van der Waals surface area contributed by atoms with Crippen molar-refractivity contribution in [3.8, 4) is 0 Å². The summed E-state index contributed by atoms with van der Waals surface area (Å²) >= 11 is 0. The van der Waals surface area contributed by atoms with Crippen molar-refractivity contribution in [3.05, 3.63) is 0 Å². The average Bonchev–Trinajstić information content (AvgIpc) is 2.48. The molecule has 3 nitrogen and oxygen atoms in total. The fraction of sp³-hybridized carbons (Fsp3) is 1.00. The summed E-state index contributed by atoms with van der Waals surface area (Å²) in [6.45, 7) is 3.68. The minimum Gasteiger partial charge on any atom is -0.314 e. The number of nitrogens with one attached hydrogen (secondary N) is 2. The summed E-state index contributed by atoms with van der Waals surface area (Å²) < 4.78 is 0. The second kappa shape index (κ2) is 9.01. The Hall–Kier alpha value is -0.120. The molecule has 1 saturated heterocycles. The molecule has 1 aliphatic heterocycles. The van der Waals surface area contributed by atoms with E-state index in [4.69, 9.17) is 0 Å². The van der Waals surface area contributed by atoms with Crippen LogP contribution in [0.4, 0.5) is 0 Å². The molecular formula is C17H35N3. The van der Waals surface area contributed by atoms with Gasteiger partial charge in [-0.3, -0.25) is 0 Å². The molecule has 1 saturated carbocycles. The Balaban J connectivity index is 1.69. The molecule has 2 rings (SSSR count). The highest BCUT2D eigenvalue weighted by Crippen LogP contribution is 2.30. The minimum atomic E-state index is 0.777. The van der Waals surface area contributed by atoms with Crippen LogP contribution in [0.5, 0.6) is 0 Å². The zero-order chi connectivity index (χ0) is 14.2. The zero-order valence-corrected chi connectivity index (χ0v) is 13.7. The standard InChI is InChI=1S/C17H35N3/c1-20(2)14-8-7-13-19-16-10-4-3-9-15(16)17-11-5-6-12-18-17/h15-19H,3-14H2,1-2H3. The molecule has 0 aromatic heterocycles. The number of hydrogen-bond acceptors (Lipinski definition) is 3. The van der Waals surface area contributed by atoms with Gasteiger partial charge in [0.05, 0.1) is 0 Å². The molecule has 3 unspecified atom stereocenters. The summed E-state index contributed by atoms with van der Waals surface area (Å²) in [6.07, 6.45) is 12.6. The molecule has 3 atom stereocenters. The molecule has 0 spiro atoms. The quantitative estimate of drug-likeness (QED) is 0.703. The first-order valence-corrected chi connectivity index (χ1v) is 8.89. The molecule has 3 heteroatoms. The van der Waals surface area contributed by atoms with Gasteiger partial charge in [0.2, 0.25) is 0 Å². The molecule has 2 fully saturated rings. The van der Waals surface area contributed by atoms with E-state index in [1.807, 2.05) is 0 Å². The molecule has 0 aromatic rings. The first-order chi connectivity index (χ1) is 9.77. The summed E-state index contributed by atoms with van der Waals surface area (Å²) in [4.78, 5) is 2.29. The van der Waals surface area contributed by atoms with E-state index < -0.39 is 0 Å². The molecule has 1 aliphatic carbocycles. The Morgan fingerprint density at radius 2 is 1.80 bits per heavy atom. The van der Waals surface area contributed by atoms with E-state index in [-0.39, 0.29) is 0 Å². The van der Waals surface area contributed by atoms with E-state index in [1.54, 1.807) is 0 Å². The maximum atomic E-state index is 3.88. The van der Waals surface area contributed by atoms with Crippen molar-refractivity contribution >= 4 is 0 Å². The normalized spacial score (nSPS) is 31.6. The van der Waals surface area contributed by atoms with Crippen molar-refractivity contribution in [1.82, 2.24) is 15.5 Å². The molecule has 0 amide bonds. The lowest BCUT2D eigenvalue weighted by Crippen LogP contribution is -2.50. The van der Waals surface area contributed by atoms with Crippen molar-refractivity contribution in [2.75, 3.05) is 33.7 Å². The summed E-state index contributed by atoms with van der Waals surface area (Å²) in [7, 11) is 4.33. The topological polar surface area (TPSA) is 27.3 Å². The molecule has 2 N–H and O–H groups in total. The van der Waals surface area contributed by atoms with Gasteiger partial charge in [-0.05, 0) is 78.2 Å². The second-order valence-electron chi connectivity index (χ2n) is 7.08. The molecule has 0 radical (unpaired) electrons. The van der Waals surface area contributed by atoms with E-state index in [2.05, 4.69) is 29.6 Å². The molecular weight excluding hydrogens is 246 g/mol. The van der Waals surface area contributed by atoms with Gasteiger partial charge in [-0.2, -0.15) is 0 Å². The van der Waals surface area contributed by atoms with Gasteiger partial charge in [-0.15, -0.1) is 0 Å². The Morgan fingerprint density at radius 1 is 1.00 bits per heavy atom. The van der Waals surface area contributed by atoms with Crippen LogP contribution in [0.3, 0.4) is 0 Å². The van der Waals surface area contributed by atoms with Gasteiger partial charge in [-0.1, -0.05) is 19.3 Å². The van der Waals surface area contributed by atoms with E-state index in [0.29, 0.717) is 0 Å². The van der Waals surface area contributed by atoms with Gasteiger partial charge in [0.25, 0.3) is 0 Å². The van der Waals surface area contributed by atoms with Gasteiger partial charge in [0.1, 0.15) is 0 Å². The van der Waals surface area contributed by atoms with Crippen molar-refractivity contribution in [1.29, 1.82) is 0 Å². The van der Waals surface area contributed by atoms with E-state index in [1.165, 1.54) is 77.4 Å². The van der Waals surface area contributed by atoms with Crippen molar-refractivity contribution in [2.24, 2.45) is 5.92 Å². The first-order valence-electron chi connectivity index (χ1n) is 8.89. The van der Waals surface area contributed by atoms with Crippen LogP contribution in [0.2, 0.25) is 0 Å². The number of nitrogens with zero attached hydrogens (tertiary/aromatic N) is 1. The van der Waals surface area contributed by atoms with Gasteiger partial charge in [-0.25, -0.2) is 0 Å². The lowest BCUT2D eigenvalue weighted by molar-refractivity contribution is 0.181. The fourth-order valence-corrected chi connectivity index (χ4v) is 3.98. The van der Waals surface area contributed by atoms with Crippen LogP contribution in [0.15, 0.2) is 0 Å². The van der Waals surface area contributed by atoms with Gasteiger partial charge >= 0.3 is 0 Å². The Labute approximate surface area is 125 Å². The lowest BCUT2D eigenvalue weighted by atomic mass is 9.77. The number of hydrogen-bond donors (Lipinski definition) is 2. The van der Waals surface area contributed by atoms with Crippen LogP contribution in [0, 0.1) is 5.92 Å². The third kappa shape index (κ3) is 5.34. The maximum absolute atomic E-state index is 3.88. The molecule has 20 heavy (non-hydrogen) atoms. The van der Waals surface area contributed by atoms with Crippen LogP contribution in [-0.4, -0.2) is 50.7 Å².